The molecule has 0 aliphatic heterocycles. The van der Waals surface area contributed by atoms with Crippen LogP contribution >= 0.6 is 45.9 Å². The van der Waals surface area contributed by atoms with E-state index < -0.39 is 0 Å². The Morgan fingerprint density at radius 2 is 1.35 bits per heavy atom. The average molecular weight is 705 g/mol. The van der Waals surface area contributed by atoms with Crippen molar-refractivity contribution < 1.29 is 23.8 Å². The number of methoxy groups -OCH3 is 3. The number of carbonyl (C=O) groups excluding carboxylic acids is 2. The maximum Gasteiger partial charge on any atom is 0.305 e. The van der Waals surface area contributed by atoms with Crippen LogP contribution in [0.3, 0.4) is 0 Å². The summed E-state index contributed by atoms with van der Waals surface area (Å²) in [6.45, 7) is 4.76. The van der Waals surface area contributed by atoms with Crippen molar-refractivity contribution in [1.29, 1.82) is 0 Å². The number of hydrogen-bond donors (Lipinski definition) is 1. The molecule has 0 bridgehead atoms. The number of esters is 2. The molecule has 0 radical (unpaired) electrons. The molecule has 14 heteroatoms. The number of nitrogens with one attached hydrogen (secondary N) is 1. The summed E-state index contributed by atoms with van der Waals surface area (Å²) in [4.78, 5) is 44.7. The Bertz CT molecular complexity index is 1830. The summed E-state index contributed by atoms with van der Waals surface area (Å²) in [5.74, 6) is 2.07. The predicted octanol–water partition coefficient (Wildman–Crippen LogP) is 7.65. The van der Waals surface area contributed by atoms with Crippen molar-refractivity contribution >= 4 is 84.1 Å². The molecule has 1 N–H and O–H groups in total. The van der Waals surface area contributed by atoms with Crippen LogP contribution in [0, 0.1) is 0 Å². The van der Waals surface area contributed by atoms with Crippen molar-refractivity contribution in [1.82, 2.24) is 19.9 Å². The number of benzene rings is 1. The van der Waals surface area contributed by atoms with Crippen LogP contribution in [0.25, 0.3) is 20.4 Å². The summed E-state index contributed by atoms with van der Waals surface area (Å²) in [5.41, 5.74) is 1.01. The van der Waals surface area contributed by atoms with Gasteiger partial charge in [0, 0.05) is 34.5 Å². The van der Waals surface area contributed by atoms with E-state index in [1.165, 1.54) is 24.0 Å². The summed E-state index contributed by atoms with van der Waals surface area (Å²) in [5, 5.41) is 6.29. The molecule has 0 spiro atoms. The molecule has 10 nitrogen and oxygen atoms in total. The van der Waals surface area contributed by atoms with E-state index in [-0.39, 0.29) is 24.8 Å². The van der Waals surface area contributed by atoms with Gasteiger partial charge in [-0.1, -0.05) is 43.1 Å². The van der Waals surface area contributed by atoms with Crippen LogP contribution < -0.4 is 10.1 Å². The van der Waals surface area contributed by atoms with Crippen LogP contribution in [0.1, 0.15) is 53.7 Å². The number of ether oxygens (including phenoxy) is 3. The minimum Gasteiger partial charge on any atom is -0.495 e. The molecule has 0 aliphatic rings. The van der Waals surface area contributed by atoms with E-state index >= 15 is 0 Å². The highest BCUT2D eigenvalue weighted by Crippen LogP contribution is 2.31. The lowest BCUT2D eigenvalue weighted by molar-refractivity contribution is -0.141. The number of nitrogens with zero attached hydrogens (tertiary/aromatic N) is 4. The van der Waals surface area contributed by atoms with Gasteiger partial charge in [-0.05, 0) is 42.7 Å². The van der Waals surface area contributed by atoms with Gasteiger partial charge >= 0.3 is 11.9 Å². The molecule has 4 aromatic heterocycles. The van der Waals surface area contributed by atoms with Gasteiger partial charge in [-0.3, -0.25) is 9.59 Å². The number of hydrogen-bond acceptors (Lipinski definition) is 12. The SMILES string of the molecule is CCc1cc2c(Cl)nc(CCC(=O)OC)nc2s1.CCc1cc2c(NCc3ccc(OC)c(Cl)c3)nc(CCC(=O)OC)nc2s1. The number of aromatic nitrogens is 4. The van der Waals surface area contributed by atoms with Gasteiger partial charge in [-0.15, -0.1) is 22.7 Å². The monoisotopic (exact) mass is 703 g/mol. The highest BCUT2D eigenvalue weighted by Gasteiger charge is 2.14. The van der Waals surface area contributed by atoms with Crippen molar-refractivity contribution in [2.45, 2.75) is 58.9 Å². The average Bonchev–Trinajstić information content (AvgIpc) is 3.69. The number of thiophene rings is 2. The number of aryl methyl sites for hydroxylation is 4. The maximum absolute atomic E-state index is 11.5. The molecule has 0 saturated carbocycles. The van der Waals surface area contributed by atoms with Crippen molar-refractivity contribution in [2.75, 3.05) is 26.6 Å². The lowest BCUT2D eigenvalue weighted by atomic mass is 10.2. The molecule has 0 unspecified atom stereocenters. The Labute approximate surface area is 285 Å². The topological polar surface area (TPSA) is 125 Å². The van der Waals surface area contributed by atoms with E-state index in [2.05, 4.69) is 49.9 Å². The van der Waals surface area contributed by atoms with Crippen molar-refractivity contribution in [2.24, 2.45) is 0 Å². The molecule has 0 amide bonds. The van der Waals surface area contributed by atoms with E-state index in [1.54, 1.807) is 29.8 Å². The molecule has 0 atom stereocenters. The van der Waals surface area contributed by atoms with Gasteiger partial charge in [-0.2, -0.15) is 0 Å². The highest BCUT2D eigenvalue weighted by molar-refractivity contribution is 7.19. The minimum atomic E-state index is -0.272. The first kappa shape index (κ1) is 35.3. The van der Waals surface area contributed by atoms with E-state index in [1.807, 2.05) is 24.3 Å². The molecule has 5 aromatic rings. The minimum absolute atomic E-state index is 0.252. The second-order valence-electron chi connectivity index (χ2n) is 9.96. The molecule has 0 saturated heterocycles. The number of rotatable bonds is 12. The van der Waals surface area contributed by atoms with Gasteiger partial charge < -0.3 is 19.5 Å². The van der Waals surface area contributed by atoms with Crippen molar-refractivity contribution in [3.8, 4) is 5.75 Å². The highest BCUT2D eigenvalue weighted by atomic mass is 35.5. The second-order valence-corrected chi connectivity index (χ2v) is 13.0. The largest absolute Gasteiger partial charge is 0.495 e. The number of anilines is 1. The third-order valence-corrected chi connectivity index (χ3v) is 9.80. The zero-order valence-electron chi connectivity index (χ0n) is 26.2. The molecule has 4 heterocycles. The zero-order chi connectivity index (χ0) is 33.2. The molecule has 0 aliphatic carbocycles. The predicted molar refractivity (Wildman–Crippen MR) is 185 cm³/mol. The summed E-state index contributed by atoms with van der Waals surface area (Å²) >= 11 is 15.6. The van der Waals surface area contributed by atoms with Crippen LogP contribution in [-0.2, 0) is 51.3 Å². The summed E-state index contributed by atoms with van der Waals surface area (Å²) in [7, 11) is 4.34. The Hall–Kier alpha value is -3.58. The zero-order valence-corrected chi connectivity index (χ0v) is 29.4. The maximum atomic E-state index is 11.5. The number of carbonyl (C=O) groups is 2. The third-order valence-electron chi connectivity index (χ3n) is 6.87. The van der Waals surface area contributed by atoms with Crippen LogP contribution in [-0.4, -0.2) is 53.2 Å². The lowest BCUT2D eigenvalue weighted by Gasteiger charge is -2.10. The lowest BCUT2D eigenvalue weighted by Crippen LogP contribution is -2.07. The Balaban J connectivity index is 0.000000230. The van der Waals surface area contributed by atoms with Gasteiger partial charge in [0.15, 0.2) is 0 Å². The van der Waals surface area contributed by atoms with E-state index in [0.717, 1.165) is 44.7 Å². The summed E-state index contributed by atoms with van der Waals surface area (Å²) < 4.78 is 14.5. The first-order chi connectivity index (χ1) is 22.2. The van der Waals surface area contributed by atoms with Crippen LogP contribution in [0.2, 0.25) is 10.2 Å². The van der Waals surface area contributed by atoms with Crippen molar-refractivity contribution in [3.63, 3.8) is 0 Å². The Morgan fingerprint density at radius 3 is 1.89 bits per heavy atom. The molecular formula is C32H35Cl2N5O5S2. The molecular weight excluding hydrogens is 669 g/mol. The first-order valence-electron chi connectivity index (χ1n) is 14.6. The van der Waals surface area contributed by atoms with Crippen LogP contribution in [0.15, 0.2) is 30.3 Å². The first-order valence-corrected chi connectivity index (χ1v) is 17.0. The normalized spacial score (nSPS) is 10.8. The van der Waals surface area contributed by atoms with Gasteiger partial charge in [0.25, 0.3) is 0 Å². The fraction of sp³-hybridized carbons (Fsp3) is 0.375. The standard InChI is InChI=1S/C20H22ClN3O3S.C12H13ClN2O2S/c1-4-13-10-14-19(22-11-12-5-6-16(26-2)15(21)9-12)23-17(24-20(14)28-13)7-8-18(25)27-3;1-3-7-6-8-11(13)14-9(15-12(8)18-7)4-5-10(16)17-2/h5-6,9-10H,4,7-8,11H2,1-3H3,(H,22,23,24);6H,3-5H2,1-2H3. The molecule has 1 aromatic carbocycles. The van der Waals surface area contributed by atoms with Crippen molar-refractivity contribution in [3.05, 3.63) is 67.5 Å². The summed E-state index contributed by atoms with van der Waals surface area (Å²) in [6, 6.07) is 9.81. The molecule has 244 valence electrons. The van der Waals surface area contributed by atoms with Gasteiger partial charge in [0.2, 0.25) is 0 Å². The number of fused-ring (bicyclic) bond motifs is 2. The molecule has 46 heavy (non-hydrogen) atoms. The Kier molecular flexibility index (Phi) is 12.9. The van der Waals surface area contributed by atoms with Gasteiger partial charge in [0.1, 0.15) is 38.0 Å². The fourth-order valence-electron chi connectivity index (χ4n) is 4.34. The second kappa shape index (κ2) is 16.8. The third kappa shape index (κ3) is 9.25. The Morgan fingerprint density at radius 1 is 0.783 bits per heavy atom. The van der Waals surface area contributed by atoms with E-state index in [0.29, 0.717) is 47.0 Å². The van der Waals surface area contributed by atoms with Gasteiger partial charge in [0.05, 0.1) is 44.6 Å². The van der Waals surface area contributed by atoms with Crippen LogP contribution in [0.5, 0.6) is 5.75 Å². The summed E-state index contributed by atoms with van der Waals surface area (Å²) in [6.07, 6.45) is 3.29. The fourth-order valence-corrected chi connectivity index (χ4v) is 6.89. The number of halogens is 2. The molecule has 0 fully saturated rings. The van der Waals surface area contributed by atoms with Crippen LogP contribution in [0.4, 0.5) is 5.82 Å². The van der Waals surface area contributed by atoms with Gasteiger partial charge in [-0.25, -0.2) is 19.9 Å². The smallest absolute Gasteiger partial charge is 0.305 e. The quantitative estimate of drug-likeness (QED) is 0.102. The van der Waals surface area contributed by atoms with E-state index in [9.17, 15) is 9.59 Å². The molecule has 5 rings (SSSR count). The van der Waals surface area contributed by atoms with E-state index in [4.69, 9.17) is 32.7 Å².